The summed E-state index contributed by atoms with van der Waals surface area (Å²) in [5, 5.41) is 0. The molecule has 1 aromatic heterocycles. The van der Waals surface area contributed by atoms with Crippen LogP contribution in [0.5, 0.6) is 0 Å². The predicted molar refractivity (Wildman–Crippen MR) is 163 cm³/mol. The van der Waals surface area contributed by atoms with Crippen molar-refractivity contribution in [2.75, 3.05) is 31.1 Å². The number of aromatic nitrogens is 1. The number of fused-ring (bicyclic) bond motifs is 1. The highest BCUT2D eigenvalue weighted by atomic mass is 16.2. The number of anilines is 1. The first-order valence-electron chi connectivity index (χ1n) is 14.8. The van der Waals surface area contributed by atoms with Crippen molar-refractivity contribution in [2.45, 2.75) is 51.6 Å². The van der Waals surface area contributed by atoms with Gasteiger partial charge in [-0.3, -0.25) is 29.0 Å². The van der Waals surface area contributed by atoms with E-state index < -0.39 is 17.9 Å². The zero-order valence-electron chi connectivity index (χ0n) is 24.3. The largest absolute Gasteiger partial charge is 0.354 e. The quantitative estimate of drug-likeness (QED) is 0.241. The van der Waals surface area contributed by atoms with Gasteiger partial charge < -0.3 is 4.90 Å². The molecule has 2 amide bonds. The minimum atomic E-state index is -0.854. The van der Waals surface area contributed by atoms with Crippen LogP contribution in [0.3, 0.4) is 0 Å². The van der Waals surface area contributed by atoms with Gasteiger partial charge in [0.15, 0.2) is 5.78 Å². The highest BCUT2D eigenvalue weighted by Gasteiger charge is 2.45. The third-order valence-corrected chi connectivity index (χ3v) is 8.88. The van der Waals surface area contributed by atoms with Crippen LogP contribution < -0.4 is 4.90 Å². The maximum atomic E-state index is 13.4. The predicted octanol–water partition coefficient (Wildman–Crippen LogP) is 3.77. The van der Waals surface area contributed by atoms with Gasteiger partial charge in [0.1, 0.15) is 11.6 Å². The molecule has 3 aromatic rings. The Kier molecular flexibility index (Phi) is 7.92. The number of terminal acetylenes is 1. The number of imide groups is 1. The molecule has 2 fully saturated rings. The van der Waals surface area contributed by atoms with Crippen LogP contribution in [0, 0.1) is 19.3 Å². The summed E-state index contributed by atoms with van der Waals surface area (Å²) in [7, 11) is 0. The SMILES string of the molecule is C#Cc1ccc(N2CCN(Cc3ccc(CCc4cccc5c4C(=O)N(C4CCC(=O)CC4=O)C5=O)cc3C)CC2)nc1. The second kappa shape index (κ2) is 11.9. The van der Waals surface area contributed by atoms with E-state index in [0.717, 1.165) is 61.0 Å². The Morgan fingerprint density at radius 3 is 2.44 bits per heavy atom. The Bertz CT molecular complexity index is 1650. The van der Waals surface area contributed by atoms with Gasteiger partial charge in [-0.1, -0.05) is 36.3 Å². The number of hydrogen-bond donors (Lipinski definition) is 0. The smallest absolute Gasteiger partial charge is 0.262 e. The van der Waals surface area contributed by atoms with Crippen molar-refractivity contribution < 1.29 is 19.2 Å². The minimum absolute atomic E-state index is 0.136. The summed E-state index contributed by atoms with van der Waals surface area (Å²) in [5.41, 5.74) is 6.02. The normalized spacial score (nSPS) is 19.1. The number of ketones is 2. The van der Waals surface area contributed by atoms with Crippen molar-refractivity contribution in [1.29, 1.82) is 0 Å². The van der Waals surface area contributed by atoms with Crippen molar-refractivity contribution in [2.24, 2.45) is 0 Å². The molecule has 1 atom stereocenters. The fourth-order valence-corrected chi connectivity index (χ4v) is 6.40. The molecule has 0 radical (unpaired) electrons. The number of carbonyl (C=O) groups excluding carboxylic acids is 4. The van der Waals surface area contributed by atoms with E-state index in [2.05, 4.69) is 45.8 Å². The molecule has 0 N–H and O–H groups in total. The van der Waals surface area contributed by atoms with E-state index in [9.17, 15) is 19.2 Å². The number of Topliss-reactive ketones (excluding diaryl/α,β-unsaturated/α-hetero) is 2. The molecule has 1 saturated carbocycles. The monoisotopic (exact) mass is 574 g/mol. The van der Waals surface area contributed by atoms with Crippen LogP contribution in [-0.2, 0) is 29.0 Å². The number of rotatable bonds is 7. The highest BCUT2D eigenvalue weighted by Crippen LogP contribution is 2.32. The van der Waals surface area contributed by atoms with E-state index in [1.807, 2.05) is 18.2 Å². The first-order chi connectivity index (χ1) is 20.8. The van der Waals surface area contributed by atoms with E-state index in [0.29, 0.717) is 17.5 Å². The molecule has 0 bridgehead atoms. The second-order valence-electron chi connectivity index (χ2n) is 11.6. The number of benzene rings is 2. The molecule has 1 aliphatic carbocycles. The third-order valence-electron chi connectivity index (χ3n) is 8.88. The lowest BCUT2D eigenvalue weighted by molar-refractivity contribution is -0.132. The van der Waals surface area contributed by atoms with Crippen molar-refractivity contribution >= 4 is 29.2 Å². The molecule has 0 spiro atoms. The lowest BCUT2D eigenvalue weighted by Crippen LogP contribution is -2.47. The summed E-state index contributed by atoms with van der Waals surface area (Å²) >= 11 is 0. The third kappa shape index (κ3) is 5.73. The fourth-order valence-electron chi connectivity index (χ4n) is 6.40. The van der Waals surface area contributed by atoms with Crippen LogP contribution in [-0.4, -0.2) is 70.4 Å². The van der Waals surface area contributed by atoms with Crippen LogP contribution >= 0.6 is 0 Å². The molecule has 43 heavy (non-hydrogen) atoms. The summed E-state index contributed by atoms with van der Waals surface area (Å²) in [5.74, 6) is 2.23. The lowest BCUT2D eigenvalue weighted by Gasteiger charge is -2.35. The van der Waals surface area contributed by atoms with Gasteiger partial charge in [0, 0.05) is 50.9 Å². The Labute approximate surface area is 251 Å². The van der Waals surface area contributed by atoms with Crippen molar-refractivity contribution in [3.63, 3.8) is 0 Å². The Morgan fingerprint density at radius 2 is 1.74 bits per heavy atom. The number of carbonyl (C=O) groups is 4. The van der Waals surface area contributed by atoms with Gasteiger partial charge in [-0.2, -0.15) is 0 Å². The van der Waals surface area contributed by atoms with Gasteiger partial charge in [0.25, 0.3) is 11.8 Å². The van der Waals surface area contributed by atoms with Gasteiger partial charge in [0.2, 0.25) is 0 Å². The van der Waals surface area contributed by atoms with Crippen molar-refractivity contribution in [3.05, 3.63) is 93.7 Å². The second-order valence-corrected chi connectivity index (χ2v) is 11.6. The number of aryl methyl sites for hydroxylation is 3. The zero-order valence-corrected chi connectivity index (χ0v) is 24.3. The molecule has 2 aliphatic heterocycles. The van der Waals surface area contributed by atoms with E-state index >= 15 is 0 Å². The average molecular weight is 575 g/mol. The molecular weight excluding hydrogens is 540 g/mol. The summed E-state index contributed by atoms with van der Waals surface area (Å²) < 4.78 is 0. The molecular formula is C35H34N4O4. The first kappa shape index (κ1) is 28.5. The van der Waals surface area contributed by atoms with Crippen LogP contribution in [0.4, 0.5) is 5.82 Å². The van der Waals surface area contributed by atoms with Crippen LogP contribution in [0.15, 0.2) is 54.7 Å². The van der Waals surface area contributed by atoms with E-state index in [-0.39, 0.29) is 30.8 Å². The zero-order chi connectivity index (χ0) is 30.1. The molecule has 2 aromatic carbocycles. The van der Waals surface area contributed by atoms with Gasteiger partial charge in [-0.25, -0.2) is 4.98 Å². The molecule has 8 nitrogen and oxygen atoms in total. The fraction of sp³-hybridized carbons (Fsp3) is 0.343. The number of pyridine rings is 1. The van der Waals surface area contributed by atoms with Gasteiger partial charge in [0.05, 0.1) is 23.6 Å². The van der Waals surface area contributed by atoms with Gasteiger partial charge >= 0.3 is 0 Å². The molecule has 1 saturated heterocycles. The van der Waals surface area contributed by atoms with Crippen molar-refractivity contribution in [3.8, 4) is 12.3 Å². The topological polar surface area (TPSA) is 90.9 Å². The molecule has 3 aliphatic rings. The lowest BCUT2D eigenvalue weighted by atomic mass is 9.92. The van der Waals surface area contributed by atoms with Gasteiger partial charge in [-0.05, 0) is 66.6 Å². The Balaban J connectivity index is 1.07. The summed E-state index contributed by atoms with van der Waals surface area (Å²) in [6.07, 6.45) is 8.72. The average Bonchev–Trinajstić information content (AvgIpc) is 3.27. The van der Waals surface area contributed by atoms with Gasteiger partial charge in [-0.15, -0.1) is 6.42 Å². The van der Waals surface area contributed by atoms with Crippen LogP contribution in [0.25, 0.3) is 0 Å². The number of nitrogens with zero attached hydrogens (tertiary/aromatic N) is 4. The van der Waals surface area contributed by atoms with E-state index in [4.69, 9.17) is 6.42 Å². The molecule has 1 unspecified atom stereocenters. The van der Waals surface area contributed by atoms with Crippen LogP contribution in [0.1, 0.15) is 67.8 Å². The van der Waals surface area contributed by atoms with E-state index in [1.54, 1.807) is 18.3 Å². The first-order valence-corrected chi connectivity index (χ1v) is 14.8. The number of amides is 2. The molecule has 8 heteroatoms. The van der Waals surface area contributed by atoms with E-state index in [1.165, 1.54) is 16.7 Å². The number of hydrogen-bond acceptors (Lipinski definition) is 7. The minimum Gasteiger partial charge on any atom is -0.354 e. The molecule has 3 heterocycles. The summed E-state index contributed by atoms with van der Waals surface area (Å²) in [6, 6.07) is 15.0. The maximum Gasteiger partial charge on any atom is 0.262 e. The number of piperazine rings is 1. The standard InChI is InChI=1S/C35H34N4O4/c1-3-24-9-14-32(36-21-24)38-17-15-37(16-18-38)22-27-11-8-25(19-23(27)2)7-10-26-5-4-6-29-33(26)35(43)39(34(29)42)30-13-12-28(40)20-31(30)41/h1,4-6,8-9,11,14,19,21,30H,7,10,12-13,15-18,20,22H2,2H3. The maximum absolute atomic E-state index is 13.4. The summed E-state index contributed by atoms with van der Waals surface area (Å²) in [6.45, 7) is 6.74. The molecule has 218 valence electrons. The Morgan fingerprint density at radius 1 is 0.930 bits per heavy atom. The van der Waals surface area contributed by atoms with Crippen molar-refractivity contribution in [1.82, 2.24) is 14.8 Å². The Hall–Kier alpha value is -4.61. The summed E-state index contributed by atoms with van der Waals surface area (Å²) in [4.78, 5) is 61.2. The highest BCUT2D eigenvalue weighted by molar-refractivity contribution is 6.24. The molecule has 6 rings (SSSR count). The van der Waals surface area contributed by atoms with Crippen LogP contribution in [0.2, 0.25) is 0 Å².